The molecule has 0 unspecified atom stereocenters. The van der Waals surface area contributed by atoms with Crippen LogP contribution in [0.15, 0.2) is 79.0 Å². The first-order valence-corrected chi connectivity index (χ1v) is 11.0. The molecule has 1 aromatic heterocycles. The largest absolute Gasteiger partial charge is 0.481 e. The number of ketones is 1. The maximum absolute atomic E-state index is 13.6. The SMILES string of the molecule is CCc1c(C(=O)c2ccccc2-c2ccc(C(F)(F)F)cc2)c[nH]c1-c1cccc(CC(=O)O)c1. The molecule has 7 heteroatoms. The third kappa shape index (κ3) is 5.04. The van der Waals surface area contributed by atoms with E-state index in [-0.39, 0.29) is 12.2 Å². The Labute approximate surface area is 200 Å². The summed E-state index contributed by atoms with van der Waals surface area (Å²) < 4.78 is 38.9. The first-order chi connectivity index (χ1) is 16.7. The number of aromatic amines is 1. The van der Waals surface area contributed by atoms with Crippen LogP contribution in [0.3, 0.4) is 0 Å². The molecule has 4 nitrogen and oxygen atoms in total. The number of hydrogen-bond donors (Lipinski definition) is 2. The van der Waals surface area contributed by atoms with Gasteiger partial charge in [-0.3, -0.25) is 9.59 Å². The average Bonchev–Trinajstić information content (AvgIpc) is 3.27. The molecule has 1 heterocycles. The minimum absolute atomic E-state index is 0.109. The van der Waals surface area contributed by atoms with E-state index in [1.54, 1.807) is 48.7 Å². The summed E-state index contributed by atoms with van der Waals surface area (Å²) in [5.74, 6) is -1.18. The van der Waals surface area contributed by atoms with E-state index in [0.717, 1.165) is 29.0 Å². The van der Waals surface area contributed by atoms with Crippen LogP contribution in [0.25, 0.3) is 22.4 Å². The lowest BCUT2D eigenvalue weighted by Crippen LogP contribution is -2.06. The van der Waals surface area contributed by atoms with Crippen molar-refractivity contribution < 1.29 is 27.9 Å². The zero-order valence-electron chi connectivity index (χ0n) is 18.8. The van der Waals surface area contributed by atoms with Gasteiger partial charge < -0.3 is 10.1 Å². The van der Waals surface area contributed by atoms with E-state index < -0.39 is 17.7 Å². The molecule has 0 radical (unpaired) electrons. The predicted molar refractivity (Wildman–Crippen MR) is 127 cm³/mol. The first kappa shape index (κ1) is 24.0. The van der Waals surface area contributed by atoms with E-state index in [4.69, 9.17) is 5.11 Å². The van der Waals surface area contributed by atoms with Crippen LogP contribution in [-0.2, 0) is 23.8 Å². The summed E-state index contributed by atoms with van der Waals surface area (Å²) in [5.41, 5.74) is 4.08. The third-order valence-electron chi connectivity index (χ3n) is 5.85. The van der Waals surface area contributed by atoms with Gasteiger partial charge >= 0.3 is 12.1 Å². The summed E-state index contributed by atoms with van der Waals surface area (Å²) in [6.07, 6.45) is -2.37. The number of nitrogens with one attached hydrogen (secondary N) is 1. The summed E-state index contributed by atoms with van der Waals surface area (Å²) in [6.45, 7) is 1.92. The second-order valence-corrected chi connectivity index (χ2v) is 8.13. The molecule has 0 aliphatic carbocycles. The van der Waals surface area contributed by atoms with Gasteiger partial charge in [0.1, 0.15) is 0 Å². The molecule has 0 aliphatic heterocycles. The van der Waals surface area contributed by atoms with Gasteiger partial charge in [0, 0.05) is 23.0 Å². The summed E-state index contributed by atoms with van der Waals surface area (Å²) in [4.78, 5) is 27.9. The highest BCUT2D eigenvalue weighted by Crippen LogP contribution is 2.34. The fourth-order valence-corrected chi connectivity index (χ4v) is 4.21. The molecule has 0 spiro atoms. The Morgan fingerprint density at radius 1 is 0.886 bits per heavy atom. The maximum atomic E-state index is 13.6. The van der Waals surface area contributed by atoms with E-state index in [1.807, 2.05) is 13.0 Å². The second kappa shape index (κ2) is 9.62. The number of rotatable bonds is 7. The van der Waals surface area contributed by atoms with Crippen molar-refractivity contribution in [1.29, 1.82) is 0 Å². The van der Waals surface area contributed by atoms with Crippen molar-refractivity contribution in [2.75, 3.05) is 0 Å². The van der Waals surface area contributed by atoms with Gasteiger partial charge in [-0.2, -0.15) is 13.2 Å². The quantitative estimate of drug-likeness (QED) is 0.288. The zero-order chi connectivity index (χ0) is 25.2. The van der Waals surface area contributed by atoms with Gasteiger partial charge in [0.15, 0.2) is 5.78 Å². The van der Waals surface area contributed by atoms with Gasteiger partial charge in [0.05, 0.1) is 12.0 Å². The Bertz CT molecular complexity index is 1390. The summed E-state index contributed by atoms with van der Waals surface area (Å²) in [5, 5.41) is 9.10. The van der Waals surface area contributed by atoms with Crippen LogP contribution < -0.4 is 0 Å². The fraction of sp³-hybridized carbons (Fsp3) is 0.143. The van der Waals surface area contributed by atoms with Gasteiger partial charge in [0.25, 0.3) is 0 Å². The first-order valence-electron chi connectivity index (χ1n) is 11.0. The number of hydrogen-bond acceptors (Lipinski definition) is 2. The predicted octanol–water partition coefficient (Wildman–Crippen LogP) is 6.79. The van der Waals surface area contributed by atoms with Crippen molar-refractivity contribution in [3.63, 3.8) is 0 Å². The van der Waals surface area contributed by atoms with E-state index in [2.05, 4.69) is 4.98 Å². The van der Waals surface area contributed by atoms with Crippen LogP contribution >= 0.6 is 0 Å². The molecule has 0 atom stereocenters. The smallest absolute Gasteiger partial charge is 0.416 e. The molecule has 4 rings (SSSR count). The average molecular weight is 477 g/mol. The number of carbonyl (C=O) groups excluding carboxylic acids is 1. The molecule has 4 aromatic rings. The highest BCUT2D eigenvalue weighted by atomic mass is 19.4. The summed E-state index contributed by atoms with van der Waals surface area (Å²) in [7, 11) is 0. The van der Waals surface area contributed by atoms with E-state index in [0.29, 0.717) is 34.2 Å². The Morgan fingerprint density at radius 2 is 1.60 bits per heavy atom. The number of alkyl halides is 3. The highest BCUT2D eigenvalue weighted by molar-refractivity contribution is 6.14. The van der Waals surface area contributed by atoms with Crippen LogP contribution in [0.2, 0.25) is 0 Å². The molecular formula is C28H22F3NO3. The van der Waals surface area contributed by atoms with Crippen LogP contribution in [0.5, 0.6) is 0 Å². The lowest BCUT2D eigenvalue weighted by Gasteiger charge is -2.12. The molecule has 2 N–H and O–H groups in total. The van der Waals surface area contributed by atoms with Gasteiger partial charge in [0.2, 0.25) is 0 Å². The molecule has 0 saturated carbocycles. The van der Waals surface area contributed by atoms with Gasteiger partial charge in [-0.05, 0) is 52.4 Å². The number of carboxylic acids is 1. The van der Waals surface area contributed by atoms with Crippen LogP contribution in [0, 0.1) is 0 Å². The zero-order valence-corrected chi connectivity index (χ0v) is 18.8. The van der Waals surface area contributed by atoms with Crippen molar-refractivity contribution in [1.82, 2.24) is 4.98 Å². The van der Waals surface area contributed by atoms with E-state index in [1.165, 1.54) is 12.1 Å². The number of aliphatic carboxylic acids is 1. The molecule has 3 aromatic carbocycles. The normalized spacial score (nSPS) is 11.4. The van der Waals surface area contributed by atoms with Crippen molar-refractivity contribution in [2.45, 2.75) is 25.9 Å². The molecular weight excluding hydrogens is 455 g/mol. The molecule has 178 valence electrons. The standard InChI is InChI=1S/C28H22F3NO3/c1-2-21-24(16-32-26(21)19-7-5-6-17(14-19)15-25(33)34)27(35)23-9-4-3-8-22(23)18-10-12-20(13-11-18)28(29,30)31/h3-14,16,32H,2,15H2,1H3,(H,33,34). The number of carboxylic acid groups (broad SMARTS) is 1. The third-order valence-corrected chi connectivity index (χ3v) is 5.85. The Hall–Kier alpha value is -4.13. The second-order valence-electron chi connectivity index (χ2n) is 8.13. The van der Waals surface area contributed by atoms with Gasteiger partial charge in [-0.1, -0.05) is 61.5 Å². The van der Waals surface area contributed by atoms with Crippen molar-refractivity contribution in [3.8, 4) is 22.4 Å². The Kier molecular flexibility index (Phi) is 6.60. The van der Waals surface area contributed by atoms with E-state index in [9.17, 15) is 22.8 Å². The van der Waals surface area contributed by atoms with Crippen LogP contribution in [-0.4, -0.2) is 21.8 Å². The molecule has 0 bridgehead atoms. The maximum Gasteiger partial charge on any atom is 0.416 e. The van der Waals surface area contributed by atoms with Crippen LogP contribution in [0.4, 0.5) is 13.2 Å². The van der Waals surface area contributed by atoms with Crippen LogP contribution in [0.1, 0.15) is 39.5 Å². The topological polar surface area (TPSA) is 70.2 Å². The number of carbonyl (C=O) groups is 2. The Morgan fingerprint density at radius 3 is 2.26 bits per heavy atom. The number of H-pyrrole nitrogens is 1. The molecule has 0 saturated heterocycles. The lowest BCUT2D eigenvalue weighted by molar-refractivity contribution is -0.138. The fourth-order valence-electron chi connectivity index (χ4n) is 4.21. The minimum Gasteiger partial charge on any atom is -0.481 e. The Balaban J connectivity index is 1.73. The summed E-state index contributed by atoms with van der Waals surface area (Å²) in [6, 6.07) is 18.7. The van der Waals surface area contributed by atoms with Gasteiger partial charge in [-0.15, -0.1) is 0 Å². The van der Waals surface area contributed by atoms with E-state index >= 15 is 0 Å². The number of benzene rings is 3. The molecule has 0 fully saturated rings. The summed E-state index contributed by atoms with van der Waals surface area (Å²) >= 11 is 0. The van der Waals surface area contributed by atoms with Gasteiger partial charge in [-0.25, -0.2) is 0 Å². The monoisotopic (exact) mass is 477 g/mol. The number of halogens is 3. The van der Waals surface area contributed by atoms with Crippen molar-refractivity contribution in [2.24, 2.45) is 0 Å². The number of aromatic nitrogens is 1. The molecule has 35 heavy (non-hydrogen) atoms. The van der Waals surface area contributed by atoms with Crippen molar-refractivity contribution >= 4 is 11.8 Å². The molecule has 0 aliphatic rings. The molecule has 0 amide bonds. The lowest BCUT2D eigenvalue weighted by atomic mass is 9.91. The highest BCUT2D eigenvalue weighted by Gasteiger charge is 2.30. The minimum atomic E-state index is -4.44. The van der Waals surface area contributed by atoms with Crippen molar-refractivity contribution in [3.05, 3.63) is 107 Å².